The van der Waals surface area contributed by atoms with Gasteiger partial charge in [-0.1, -0.05) is 24.3 Å². The van der Waals surface area contributed by atoms with Crippen molar-refractivity contribution in [2.24, 2.45) is 0 Å². The lowest BCUT2D eigenvalue weighted by molar-refractivity contribution is -0.313. The Bertz CT molecular complexity index is 359. The van der Waals surface area contributed by atoms with Crippen LogP contribution in [0.5, 0.6) is 0 Å². The van der Waals surface area contributed by atoms with Crippen LogP contribution in [0.2, 0.25) is 0 Å². The lowest BCUT2D eigenvalue weighted by Gasteiger charge is -2.17. The number of quaternary nitrogens is 1. The Labute approximate surface area is 77.8 Å². The van der Waals surface area contributed by atoms with Gasteiger partial charge >= 0.3 is 5.91 Å². The predicted molar refractivity (Wildman–Crippen MR) is 50.0 cm³/mol. The van der Waals surface area contributed by atoms with E-state index < -0.39 is 0 Å². The highest BCUT2D eigenvalue weighted by Gasteiger charge is 2.41. The van der Waals surface area contributed by atoms with Crippen LogP contribution in [0.4, 0.5) is 0 Å². The molecule has 0 aliphatic heterocycles. The Kier molecular flexibility index (Phi) is 1.74. The van der Waals surface area contributed by atoms with E-state index in [0.717, 1.165) is 12.8 Å². The summed E-state index contributed by atoms with van der Waals surface area (Å²) < 4.78 is 0. The minimum Gasteiger partial charge on any atom is -0.294 e. The van der Waals surface area contributed by atoms with E-state index in [4.69, 9.17) is 0 Å². The Hall–Kier alpha value is -1.15. The Balaban J connectivity index is 2.55. The molecule has 1 aromatic rings. The molecule has 0 spiro atoms. The first kappa shape index (κ1) is 8.45. The van der Waals surface area contributed by atoms with Gasteiger partial charge in [-0.05, 0) is 30.9 Å². The topological polar surface area (TPSA) is 44.7 Å². The highest BCUT2D eigenvalue weighted by atomic mass is 16.1. The first-order valence-electron chi connectivity index (χ1n) is 4.59. The Morgan fingerprint density at radius 2 is 2.15 bits per heavy atom. The van der Waals surface area contributed by atoms with Crippen molar-refractivity contribution in [2.45, 2.75) is 25.2 Å². The van der Waals surface area contributed by atoms with Crippen LogP contribution in [-0.4, -0.2) is 5.91 Å². The molecule has 1 aliphatic carbocycles. The lowest BCUT2D eigenvalue weighted by atomic mass is 9.83. The molecule has 1 atom stereocenters. The molecular formula is C11H14NO+. The largest absolute Gasteiger partial charge is 0.319 e. The van der Waals surface area contributed by atoms with E-state index in [-0.39, 0.29) is 11.3 Å². The number of aryl methyl sites for hydroxylation is 1. The second kappa shape index (κ2) is 2.67. The van der Waals surface area contributed by atoms with Gasteiger partial charge in [-0.25, -0.2) is 4.79 Å². The number of carbonyl (C=O) groups excluding carboxylic acids is 1. The van der Waals surface area contributed by atoms with Crippen molar-refractivity contribution >= 4 is 5.91 Å². The highest BCUT2D eigenvalue weighted by Crippen LogP contribution is 2.37. The van der Waals surface area contributed by atoms with Gasteiger partial charge in [0.05, 0.1) is 0 Å². The molecule has 0 radical (unpaired) electrons. The standard InChI is InChI=1S/C11H13NO/c1-11(10(12)13)7-6-8-4-2-3-5-9(8)11/h2-5H,6-7H2,1H3,(H2,12,13)/p+1. The summed E-state index contributed by atoms with van der Waals surface area (Å²) in [5.74, 6) is 0.0393. The zero-order valence-corrected chi connectivity index (χ0v) is 7.84. The minimum absolute atomic E-state index is 0.0393. The van der Waals surface area contributed by atoms with E-state index in [1.54, 1.807) is 0 Å². The SMILES string of the molecule is CC1(C([NH3+])=O)CCc2ccccc21. The van der Waals surface area contributed by atoms with Gasteiger partial charge in [0, 0.05) is 0 Å². The molecule has 13 heavy (non-hydrogen) atoms. The fourth-order valence-corrected chi connectivity index (χ4v) is 2.09. The van der Waals surface area contributed by atoms with Crippen LogP contribution in [-0.2, 0) is 16.6 Å². The molecule has 2 rings (SSSR count). The molecule has 1 aliphatic rings. The molecule has 0 bridgehead atoms. The van der Waals surface area contributed by atoms with Gasteiger partial charge < -0.3 is 0 Å². The summed E-state index contributed by atoms with van der Waals surface area (Å²) in [6.45, 7) is 1.99. The predicted octanol–water partition coefficient (Wildman–Crippen LogP) is 0.659. The molecule has 1 aromatic carbocycles. The number of fused-ring (bicyclic) bond motifs is 1. The van der Waals surface area contributed by atoms with Crippen LogP contribution >= 0.6 is 0 Å². The molecule has 3 N–H and O–H groups in total. The maximum atomic E-state index is 11.4. The molecule has 0 aromatic heterocycles. The average molecular weight is 176 g/mol. The number of benzene rings is 1. The monoisotopic (exact) mass is 176 g/mol. The zero-order chi connectivity index (χ0) is 9.47. The zero-order valence-electron chi connectivity index (χ0n) is 7.84. The van der Waals surface area contributed by atoms with Gasteiger partial charge in [-0.15, -0.1) is 0 Å². The Morgan fingerprint density at radius 1 is 1.46 bits per heavy atom. The van der Waals surface area contributed by atoms with Crippen LogP contribution in [0.15, 0.2) is 24.3 Å². The van der Waals surface area contributed by atoms with Crippen LogP contribution in [0, 0.1) is 0 Å². The molecule has 0 saturated heterocycles. The molecule has 68 valence electrons. The third-order valence-electron chi connectivity index (χ3n) is 3.12. The lowest BCUT2D eigenvalue weighted by Crippen LogP contribution is -2.65. The normalized spacial score (nSPS) is 25.7. The van der Waals surface area contributed by atoms with Crippen LogP contribution in [0.3, 0.4) is 0 Å². The van der Waals surface area contributed by atoms with E-state index >= 15 is 0 Å². The van der Waals surface area contributed by atoms with Crippen molar-refractivity contribution in [3.63, 3.8) is 0 Å². The quantitative estimate of drug-likeness (QED) is 0.671. The summed E-state index contributed by atoms with van der Waals surface area (Å²) in [6.07, 6.45) is 1.92. The van der Waals surface area contributed by atoms with Gasteiger partial charge in [0.2, 0.25) is 0 Å². The number of amides is 1. The number of carbonyl (C=O) groups is 1. The van der Waals surface area contributed by atoms with E-state index in [2.05, 4.69) is 11.8 Å². The van der Waals surface area contributed by atoms with Crippen molar-refractivity contribution in [1.82, 2.24) is 0 Å². The molecule has 1 unspecified atom stereocenters. The van der Waals surface area contributed by atoms with Crippen LogP contribution in [0.1, 0.15) is 24.5 Å². The fourth-order valence-electron chi connectivity index (χ4n) is 2.09. The molecular weight excluding hydrogens is 162 g/mol. The van der Waals surface area contributed by atoms with E-state index in [0.29, 0.717) is 0 Å². The van der Waals surface area contributed by atoms with E-state index in [1.807, 2.05) is 25.1 Å². The molecule has 0 heterocycles. The van der Waals surface area contributed by atoms with Crippen molar-refractivity contribution in [3.05, 3.63) is 35.4 Å². The summed E-state index contributed by atoms with van der Waals surface area (Å²) >= 11 is 0. The van der Waals surface area contributed by atoms with Gasteiger partial charge in [0.15, 0.2) is 0 Å². The van der Waals surface area contributed by atoms with E-state index in [9.17, 15) is 4.79 Å². The molecule has 1 amide bonds. The molecule has 0 fully saturated rings. The van der Waals surface area contributed by atoms with Gasteiger partial charge in [0.1, 0.15) is 5.41 Å². The second-order valence-electron chi connectivity index (χ2n) is 3.91. The van der Waals surface area contributed by atoms with Gasteiger partial charge in [-0.2, -0.15) is 0 Å². The Morgan fingerprint density at radius 3 is 2.85 bits per heavy atom. The molecule has 2 heteroatoms. The molecule has 2 nitrogen and oxygen atoms in total. The third-order valence-corrected chi connectivity index (χ3v) is 3.12. The maximum absolute atomic E-state index is 11.4. The molecule has 0 saturated carbocycles. The summed E-state index contributed by atoms with van der Waals surface area (Å²) in [6, 6.07) is 8.17. The fraction of sp³-hybridized carbons (Fsp3) is 0.364. The van der Waals surface area contributed by atoms with Gasteiger partial charge in [0.25, 0.3) is 0 Å². The number of hydrogen-bond acceptors (Lipinski definition) is 1. The summed E-state index contributed by atoms with van der Waals surface area (Å²) in [4.78, 5) is 11.4. The number of rotatable bonds is 1. The maximum Gasteiger partial charge on any atom is 0.319 e. The summed E-state index contributed by atoms with van der Waals surface area (Å²) in [5, 5.41) is 0. The van der Waals surface area contributed by atoms with Crippen LogP contribution < -0.4 is 5.73 Å². The summed E-state index contributed by atoms with van der Waals surface area (Å²) in [7, 11) is 0. The third kappa shape index (κ3) is 1.10. The van der Waals surface area contributed by atoms with Crippen molar-refractivity contribution in [1.29, 1.82) is 0 Å². The van der Waals surface area contributed by atoms with Gasteiger partial charge in [-0.3, -0.25) is 5.73 Å². The second-order valence-corrected chi connectivity index (χ2v) is 3.91. The average Bonchev–Trinajstić information content (AvgIpc) is 2.47. The summed E-state index contributed by atoms with van der Waals surface area (Å²) in [5.41, 5.74) is 5.71. The minimum atomic E-state index is -0.323. The van der Waals surface area contributed by atoms with E-state index in [1.165, 1.54) is 11.1 Å². The highest BCUT2D eigenvalue weighted by molar-refractivity contribution is 5.80. The van der Waals surface area contributed by atoms with Crippen molar-refractivity contribution < 1.29 is 10.5 Å². The van der Waals surface area contributed by atoms with Crippen molar-refractivity contribution in [2.75, 3.05) is 0 Å². The van der Waals surface area contributed by atoms with Crippen LogP contribution in [0.25, 0.3) is 0 Å². The number of hydrogen-bond donors (Lipinski definition) is 1. The first-order valence-corrected chi connectivity index (χ1v) is 4.59. The first-order chi connectivity index (χ1) is 6.14. The smallest absolute Gasteiger partial charge is 0.294 e. The van der Waals surface area contributed by atoms with Crippen molar-refractivity contribution in [3.8, 4) is 0 Å².